The Labute approximate surface area is 119 Å². The summed E-state index contributed by atoms with van der Waals surface area (Å²) in [5.41, 5.74) is 0.347. The zero-order chi connectivity index (χ0) is 15.3. The maximum absolute atomic E-state index is 12.0. The van der Waals surface area contributed by atoms with Crippen LogP contribution in [-0.2, 0) is 21.4 Å². The van der Waals surface area contributed by atoms with Crippen LogP contribution in [0.4, 0.5) is 0 Å². The molecule has 0 saturated heterocycles. The summed E-state index contributed by atoms with van der Waals surface area (Å²) in [6.07, 6.45) is 5.71. The number of carboxylic acid groups (broad SMARTS) is 1. The number of pyridine rings is 1. The smallest absolute Gasteiger partial charge is 0.328 e. The zero-order valence-corrected chi connectivity index (χ0v) is 11.3. The highest BCUT2D eigenvalue weighted by Gasteiger charge is 2.15. The molecule has 10 heteroatoms. The third-order valence-corrected chi connectivity index (χ3v) is 3.66. The quantitative estimate of drug-likeness (QED) is 0.714. The summed E-state index contributed by atoms with van der Waals surface area (Å²) < 4.78 is 30.8. The molecule has 2 aromatic heterocycles. The number of carbonyl (C=O) groups is 1. The Hall–Kier alpha value is -2.59. The average molecular weight is 310 g/mol. The summed E-state index contributed by atoms with van der Waals surface area (Å²) in [5.74, 6) is -0.952. The van der Waals surface area contributed by atoms with Crippen molar-refractivity contribution in [1.29, 1.82) is 0 Å². The SMILES string of the molecule is O=C(O)/C=C/c1cncc(S(=O)(=O)NCc2ncon2)c1. The zero-order valence-electron chi connectivity index (χ0n) is 10.5. The van der Waals surface area contributed by atoms with E-state index >= 15 is 0 Å². The van der Waals surface area contributed by atoms with E-state index in [-0.39, 0.29) is 17.3 Å². The fourth-order valence-electron chi connectivity index (χ4n) is 1.35. The van der Waals surface area contributed by atoms with Crippen LogP contribution in [0.15, 0.2) is 40.3 Å². The highest BCUT2D eigenvalue weighted by molar-refractivity contribution is 7.89. The first-order chi connectivity index (χ1) is 9.97. The molecule has 9 nitrogen and oxygen atoms in total. The monoisotopic (exact) mass is 310 g/mol. The minimum atomic E-state index is -3.81. The lowest BCUT2D eigenvalue weighted by Crippen LogP contribution is -2.24. The predicted octanol–water partition coefficient (Wildman–Crippen LogP) is 0.0409. The maximum Gasteiger partial charge on any atom is 0.328 e. The highest BCUT2D eigenvalue weighted by Crippen LogP contribution is 2.11. The number of aliphatic carboxylic acids is 1. The van der Waals surface area contributed by atoms with E-state index in [1.165, 1.54) is 18.3 Å². The van der Waals surface area contributed by atoms with Gasteiger partial charge in [-0.2, -0.15) is 4.98 Å². The number of carboxylic acids is 1. The van der Waals surface area contributed by atoms with Gasteiger partial charge >= 0.3 is 5.97 Å². The minimum Gasteiger partial charge on any atom is -0.478 e. The third-order valence-electron chi connectivity index (χ3n) is 2.29. The molecular weight excluding hydrogens is 300 g/mol. The standard InChI is InChI=1S/C11H10N4O5S/c16-11(17)2-1-8-3-9(5-12-4-8)21(18,19)14-6-10-13-7-20-15-10/h1-5,7,14H,6H2,(H,16,17)/b2-1+. The molecule has 2 rings (SSSR count). The molecule has 110 valence electrons. The van der Waals surface area contributed by atoms with Gasteiger partial charge in [-0.3, -0.25) is 4.98 Å². The second kappa shape index (κ2) is 6.24. The van der Waals surface area contributed by atoms with Crippen molar-refractivity contribution in [3.8, 4) is 0 Å². The number of rotatable bonds is 6. The predicted molar refractivity (Wildman–Crippen MR) is 69.2 cm³/mol. The first-order valence-corrected chi connectivity index (χ1v) is 7.07. The lowest BCUT2D eigenvalue weighted by atomic mass is 10.2. The fourth-order valence-corrected chi connectivity index (χ4v) is 2.33. The maximum atomic E-state index is 12.0. The average Bonchev–Trinajstić information content (AvgIpc) is 2.97. The van der Waals surface area contributed by atoms with Crippen LogP contribution in [0.5, 0.6) is 0 Å². The molecule has 2 heterocycles. The number of nitrogens with zero attached hydrogens (tertiary/aromatic N) is 3. The van der Waals surface area contributed by atoms with Crippen molar-refractivity contribution in [3.05, 3.63) is 42.3 Å². The van der Waals surface area contributed by atoms with Gasteiger partial charge in [-0.05, 0) is 17.7 Å². The molecule has 0 spiro atoms. The van der Waals surface area contributed by atoms with E-state index < -0.39 is 16.0 Å². The molecule has 0 radical (unpaired) electrons. The van der Waals surface area contributed by atoms with Gasteiger partial charge in [0.2, 0.25) is 16.4 Å². The Morgan fingerprint density at radius 3 is 2.90 bits per heavy atom. The molecule has 0 saturated carbocycles. The van der Waals surface area contributed by atoms with Gasteiger partial charge in [0, 0.05) is 18.5 Å². The molecule has 0 aromatic carbocycles. The molecule has 0 amide bonds. The van der Waals surface area contributed by atoms with Crippen LogP contribution in [0.25, 0.3) is 6.08 Å². The lowest BCUT2D eigenvalue weighted by molar-refractivity contribution is -0.131. The van der Waals surface area contributed by atoms with Crippen molar-refractivity contribution in [1.82, 2.24) is 19.8 Å². The fraction of sp³-hybridized carbons (Fsp3) is 0.0909. The minimum absolute atomic E-state index is 0.0986. The van der Waals surface area contributed by atoms with Gasteiger partial charge in [-0.15, -0.1) is 0 Å². The first kappa shape index (κ1) is 14.8. The first-order valence-electron chi connectivity index (χ1n) is 5.58. The van der Waals surface area contributed by atoms with Crippen LogP contribution in [0.1, 0.15) is 11.4 Å². The summed E-state index contributed by atoms with van der Waals surface area (Å²) in [4.78, 5) is 17.8. The van der Waals surface area contributed by atoms with Gasteiger partial charge < -0.3 is 9.63 Å². The summed E-state index contributed by atoms with van der Waals surface area (Å²) in [6, 6.07) is 1.30. The van der Waals surface area contributed by atoms with Gasteiger partial charge in [0.25, 0.3) is 0 Å². The van der Waals surface area contributed by atoms with E-state index in [0.717, 1.165) is 18.7 Å². The largest absolute Gasteiger partial charge is 0.478 e. The van der Waals surface area contributed by atoms with Gasteiger partial charge in [0.1, 0.15) is 4.90 Å². The number of hydrogen-bond acceptors (Lipinski definition) is 7. The van der Waals surface area contributed by atoms with E-state index in [1.807, 2.05) is 0 Å². The number of sulfonamides is 1. The van der Waals surface area contributed by atoms with Crippen molar-refractivity contribution in [2.75, 3.05) is 0 Å². The van der Waals surface area contributed by atoms with Crippen LogP contribution in [0.3, 0.4) is 0 Å². The van der Waals surface area contributed by atoms with Crippen LogP contribution >= 0.6 is 0 Å². The van der Waals surface area contributed by atoms with Crippen molar-refractivity contribution < 1.29 is 22.8 Å². The lowest BCUT2D eigenvalue weighted by Gasteiger charge is -2.04. The molecule has 0 bridgehead atoms. The normalized spacial score (nSPS) is 11.8. The molecule has 0 aliphatic carbocycles. The van der Waals surface area contributed by atoms with Gasteiger partial charge in [-0.1, -0.05) is 5.16 Å². The van der Waals surface area contributed by atoms with Crippen molar-refractivity contribution in [2.24, 2.45) is 0 Å². The highest BCUT2D eigenvalue weighted by atomic mass is 32.2. The van der Waals surface area contributed by atoms with Crippen molar-refractivity contribution in [2.45, 2.75) is 11.4 Å². The number of aromatic nitrogens is 3. The molecule has 21 heavy (non-hydrogen) atoms. The molecule has 0 atom stereocenters. The van der Waals surface area contributed by atoms with E-state index in [1.54, 1.807) is 0 Å². The van der Waals surface area contributed by atoms with Crippen LogP contribution in [0.2, 0.25) is 0 Å². The number of nitrogens with one attached hydrogen (secondary N) is 1. The summed E-state index contributed by atoms with van der Waals surface area (Å²) in [6.45, 7) is -0.131. The Morgan fingerprint density at radius 1 is 1.43 bits per heavy atom. The van der Waals surface area contributed by atoms with Gasteiger partial charge in [0.05, 0.1) is 6.54 Å². The topological polar surface area (TPSA) is 135 Å². The molecule has 0 unspecified atom stereocenters. The van der Waals surface area contributed by atoms with E-state index in [0.29, 0.717) is 5.56 Å². The molecule has 0 aliphatic heterocycles. The summed E-state index contributed by atoms with van der Waals surface area (Å²) in [7, 11) is -3.81. The van der Waals surface area contributed by atoms with E-state index in [9.17, 15) is 13.2 Å². The number of hydrogen-bond donors (Lipinski definition) is 2. The second-order valence-electron chi connectivity index (χ2n) is 3.80. The summed E-state index contributed by atoms with van der Waals surface area (Å²) in [5, 5.41) is 12.0. The molecular formula is C11H10N4O5S. The van der Waals surface area contributed by atoms with E-state index in [2.05, 4.69) is 24.4 Å². The second-order valence-corrected chi connectivity index (χ2v) is 5.56. The Kier molecular flexibility index (Phi) is 4.40. The van der Waals surface area contributed by atoms with Crippen LogP contribution in [0, 0.1) is 0 Å². The molecule has 0 fully saturated rings. The van der Waals surface area contributed by atoms with Crippen molar-refractivity contribution >= 4 is 22.1 Å². The van der Waals surface area contributed by atoms with Gasteiger partial charge in [0.15, 0.2) is 5.82 Å². The van der Waals surface area contributed by atoms with Crippen LogP contribution < -0.4 is 4.72 Å². The summed E-state index contributed by atoms with van der Waals surface area (Å²) >= 11 is 0. The Morgan fingerprint density at radius 2 is 2.24 bits per heavy atom. The molecule has 2 N–H and O–H groups in total. The van der Waals surface area contributed by atoms with Crippen molar-refractivity contribution in [3.63, 3.8) is 0 Å². The Bertz CT molecular complexity index is 755. The third kappa shape index (κ3) is 4.19. The Balaban J connectivity index is 2.16. The van der Waals surface area contributed by atoms with Gasteiger partial charge in [-0.25, -0.2) is 17.9 Å². The molecule has 0 aliphatic rings. The van der Waals surface area contributed by atoms with E-state index in [4.69, 9.17) is 5.11 Å². The van der Waals surface area contributed by atoms with Crippen LogP contribution in [-0.4, -0.2) is 34.6 Å². The molecule has 2 aromatic rings.